The van der Waals surface area contributed by atoms with Crippen LogP contribution in [-0.4, -0.2) is 74.1 Å². The van der Waals surface area contributed by atoms with Crippen molar-refractivity contribution < 1.29 is 69.4 Å². The molecule has 0 atom stereocenters. The number of benzene rings is 2. The van der Waals surface area contributed by atoms with E-state index in [0.717, 1.165) is 35.5 Å². The zero-order valence-corrected chi connectivity index (χ0v) is 24.8. The summed E-state index contributed by atoms with van der Waals surface area (Å²) >= 11 is 0. The van der Waals surface area contributed by atoms with Gasteiger partial charge < -0.3 is 18.9 Å². The Balaban J connectivity index is 0.000000453. The van der Waals surface area contributed by atoms with E-state index in [4.69, 9.17) is 25.9 Å². The summed E-state index contributed by atoms with van der Waals surface area (Å²) in [4.78, 5) is 13.7. The van der Waals surface area contributed by atoms with Crippen molar-refractivity contribution >= 4 is 53.4 Å². The van der Waals surface area contributed by atoms with Crippen LogP contribution in [0, 0.1) is 0 Å². The summed E-state index contributed by atoms with van der Waals surface area (Å²) in [7, 11) is -7.93. The molecule has 2 aromatic carbocycles. The van der Waals surface area contributed by atoms with E-state index in [-0.39, 0.29) is 17.1 Å². The molecule has 0 bridgehead atoms. The predicted octanol–water partition coefficient (Wildman–Crippen LogP) is 4.46. The van der Waals surface area contributed by atoms with E-state index in [1.807, 2.05) is 24.5 Å². The van der Waals surface area contributed by atoms with E-state index in [1.165, 1.54) is 10.8 Å². The second-order valence-corrected chi connectivity index (χ2v) is 11.1. The first-order valence-electron chi connectivity index (χ1n) is 11.4. The molecule has 0 radical (unpaired) electrons. The van der Waals surface area contributed by atoms with Crippen molar-refractivity contribution in [3.63, 3.8) is 0 Å². The standard InChI is InChI=1S/C22H22N4.2CHF3O3S.Fe/c1-25(19-11-3-7-17-9-5-13-23-21(17)19)15-16-26(2)20-12-4-8-18-10-6-14-24-22(18)20;2*2-1(3,4)8(5,6)7;/h3-14H,15-16H2,1-2H3;2*(H,5,6,7);/q;;;+4/p-2. The van der Waals surface area contributed by atoms with Gasteiger partial charge in [0.1, 0.15) is 0 Å². The van der Waals surface area contributed by atoms with Gasteiger partial charge >= 0.3 is 28.1 Å². The fourth-order valence-electron chi connectivity index (χ4n) is 3.33. The van der Waals surface area contributed by atoms with Crippen molar-refractivity contribution in [3.05, 3.63) is 73.1 Å². The van der Waals surface area contributed by atoms with Crippen LogP contribution in [0.1, 0.15) is 0 Å². The number of halogens is 6. The van der Waals surface area contributed by atoms with Crippen LogP contribution < -0.4 is 9.80 Å². The molecule has 19 heteroatoms. The quantitative estimate of drug-likeness (QED) is 0.127. The number of para-hydroxylation sites is 2. The van der Waals surface area contributed by atoms with Gasteiger partial charge in [0, 0.05) is 50.4 Å². The van der Waals surface area contributed by atoms with Crippen LogP contribution >= 0.6 is 0 Å². The van der Waals surface area contributed by atoms with Crippen LogP contribution in [0.3, 0.4) is 0 Å². The summed E-state index contributed by atoms with van der Waals surface area (Å²) in [5, 5.41) is 2.34. The summed E-state index contributed by atoms with van der Waals surface area (Å²) < 4.78 is 118. The van der Waals surface area contributed by atoms with Crippen molar-refractivity contribution in [3.8, 4) is 0 Å². The molecule has 4 aromatic rings. The summed E-state index contributed by atoms with van der Waals surface area (Å²) in [5.74, 6) is 0. The average molecular weight is 696 g/mol. The Bertz CT molecular complexity index is 1590. The molecule has 2 heterocycles. The predicted molar refractivity (Wildman–Crippen MR) is 142 cm³/mol. The second kappa shape index (κ2) is 15.0. The van der Waals surface area contributed by atoms with E-state index in [2.05, 4.69) is 82.4 Å². The van der Waals surface area contributed by atoms with Gasteiger partial charge in [0.2, 0.25) is 0 Å². The number of hydrogen-bond acceptors (Lipinski definition) is 10. The maximum Gasteiger partial charge on any atom is 4.00 e. The Hall–Kier alpha value is -3.22. The van der Waals surface area contributed by atoms with Crippen LogP contribution in [0.25, 0.3) is 21.8 Å². The third-order valence-corrected chi connectivity index (χ3v) is 6.52. The molecule has 4 rings (SSSR count). The maximum absolute atomic E-state index is 10.7. The van der Waals surface area contributed by atoms with Gasteiger partial charge in [-0.15, -0.1) is 0 Å². The Labute approximate surface area is 253 Å². The van der Waals surface area contributed by atoms with Gasteiger partial charge in [0.05, 0.1) is 22.4 Å². The van der Waals surface area contributed by atoms with Crippen LogP contribution in [0.2, 0.25) is 0 Å². The van der Waals surface area contributed by atoms with Crippen LogP contribution in [-0.2, 0) is 37.3 Å². The minimum atomic E-state index is -6.09. The molecular weight excluding hydrogens is 674 g/mol. The molecule has 0 aliphatic carbocycles. The molecule has 0 saturated carbocycles. The first-order valence-corrected chi connectivity index (χ1v) is 14.2. The van der Waals surface area contributed by atoms with Gasteiger partial charge in [-0.2, -0.15) is 26.3 Å². The third kappa shape index (κ3) is 10.8. The number of alkyl halides is 6. The van der Waals surface area contributed by atoms with E-state index in [1.54, 1.807) is 0 Å². The molecule has 234 valence electrons. The van der Waals surface area contributed by atoms with Gasteiger partial charge in [-0.05, 0) is 24.3 Å². The molecule has 10 nitrogen and oxygen atoms in total. The van der Waals surface area contributed by atoms with E-state index in [9.17, 15) is 26.3 Å². The van der Waals surface area contributed by atoms with Gasteiger partial charge in [-0.25, -0.2) is 16.8 Å². The minimum Gasteiger partial charge on any atom is -0.741 e. The largest absolute Gasteiger partial charge is 4.00 e. The van der Waals surface area contributed by atoms with Crippen LogP contribution in [0.15, 0.2) is 73.1 Å². The molecule has 0 amide bonds. The van der Waals surface area contributed by atoms with Crippen molar-refractivity contribution in [2.75, 3.05) is 37.0 Å². The Kier molecular flexibility index (Phi) is 13.2. The number of fused-ring (bicyclic) bond motifs is 2. The number of anilines is 2. The van der Waals surface area contributed by atoms with Crippen LogP contribution in [0.5, 0.6) is 0 Å². The van der Waals surface area contributed by atoms with Gasteiger partial charge in [0.25, 0.3) is 0 Å². The molecule has 0 N–H and O–H groups in total. The molecule has 0 aliphatic heterocycles. The van der Waals surface area contributed by atoms with Crippen molar-refractivity contribution in [1.29, 1.82) is 0 Å². The van der Waals surface area contributed by atoms with Crippen molar-refractivity contribution in [2.24, 2.45) is 0 Å². The minimum absolute atomic E-state index is 0. The topological polar surface area (TPSA) is 147 Å². The maximum atomic E-state index is 10.7. The summed E-state index contributed by atoms with van der Waals surface area (Å²) in [6.07, 6.45) is 3.71. The number of aromatic nitrogens is 2. The number of hydrogen-bond donors (Lipinski definition) is 0. The average Bonchev–Trinajstić information content (AvgIpc) is 2.89. The summed E-state index contributed by atoms with van der Waals surface area (Å²) in [6.45, 7) is 1.80. The molecule has 2 aromatic heterocycles. The SMILES string of the molecule is CN(CCN(C)c1cccc2cccnc12)c1cccc2cccnc12.O=S(=O)([O-])C(F)(F)F.O=S(=O)([O-])C(F)(F)F.[Fe+4]. The van der Waals surface area contributed by atoms with Crippen LogP contribution in [0.4, 0.5) is 37.7 Å². The molecule has 0 aliphatic rings. The molecule has 0 unspecified atom stereocenters. The molecule has 43 heavy (non-hydrogen) atoms. The summed E-state index contributed by atoms with van der Waals surface area (Å²) in [5.41, 5.74) is -6.88. The smallest absolute Gasteiger partial charge is 0.741 e. The molecule has 0 fully saturated rings. The van der Waals surface area contributed by atoms with Crippen molar-refractivity contribution in [1.82, 2.24) is 9.97 Å². The van der Waals surface area contributed by atoms with Gasteiger partial charge in [-0.1, -0.05) is 36.4 Å². The Morgan fingerprint density at radius 3 is 1.19 bits per heavy atom. The Morgan fingerprint density at radius 1 is 0.628 bits per heavy atom. The molecular formula is C24H22F6FeN4O6S2+2. The van der Waals surface area contributed by atoms with Gasteiger partial charge in [0.15, 0.2) is 20.2 Å². The summed E-state index contributed by atoms with van der Waals surface area (Å²) in [6, 6.07) is 20.8. The number of nitrogens with zero attached hydrogens (tertiary/aromatic N) is 4. The second-order valence-electron chi connectivity index (χ2n) is 8.35. The van der Waals surface area contributed by atoms with Crippen molar-refractivity contribution in [2.45, 2.75) is 11.0 Å². The molecule has 0 spiro atoms. The third-order valence-electron chi connectivity index (χ3n) is 5.38. The normalized spacial score (nSPS) is 11.9. The number of rotatable bonds is 5. The fraction of sp³-hybridized carbons (Fsp3) is 0.250. The zero-order chi connectivity index (χ0) is 31.9. The first kappa shape index (κ1) is 37.8. The van der Waals surface area contributed by atoms with E-state index < -0.39 is 31.3 Å². The first-order chi connectivity index (χ1) is 19.2. The van der Waals surface area contributed by atoms with Gasteiger partial charge in [-0.3, -0.25) is 9.97 Å². The van der Waals surface area contributed by atoms with E-state index in [0.29, 0.717) is 0 Å². The molecule has 0 saturated heterocycles. The number of pyridine rings is 2. The zero-order valence-electron chi connectivity index (χ0n) is 22.0. The van der Waals surface area contributed by atoms with E-state index >= 15 is 0 Å². The fourth-order valence-corrected chi connectivity index (χ4v) is 3.33. The Morgan fingerprint density at radius 2 is 0.907 bits per heavy atom. The monoisotopic (exact) mass is 696 g/mol. The number of likely N-dealkylation sites (N-methyl/N-ethyl adjacent to an activating group) is 2.